The molecular formula is C19H24BNO3. The molecule has 1 fully saturated rings. The van der Waals surface area contributed by atoms with E-state index in [0.29, 0.717) is 5.57 Å². The molecule has 0 spiro atoms. The molecule has 0 atom stereocenters. The Hall–Kier alpha value is -1.85. The van der Waals surface area contributed by atoms with Crippen LogP contribution in [-0.2, 0) is 14.1 Å². The zero-order valence-corrected chi connectivity index (χ0v) is 14.8. The van der Waals surface area contributed by atoms with E-state index in [2.05, 4.69) is 5.32 Å². The number of rotatable bonds is 3. The van der Waals surface area contributed by atoms with Crippen molar-refractivity contribution in [3.63, 3.8) is 0 Å². The van der Waals surface area contributed by atoms with Gasteiger partial charge in [-0.25, -0.2) is 0 Å². The summed E-state index contributed by atoms with van der Waals surface area (Å²) in [7, 11) is -0.430. The quantitative estimate of drug-likeness (QED) is 0.868. The maximum absolute atomic E-state index is 12.3. The van der Waals surface area contributed by atoms with E-state index in [0.717, 1.165) is 24.0 Å². The van der Waals surface area contributed by atoms with Crippen LogP contribution in [0.25, 0.3) is 0 Å². The van der Waals surface area contributed by atoms with Crippen molar-refractivity contribution in [2.75, 3.05) is 5.32 Å². The summed E-state index contributed by atoms with van der Waals surface area (Å²) in [5.74, 6) is -0.0861. The Balaban J connectivity index is 1.74. The van der Waals surface area contributed by atoms with Crippen LogP contribution in [0.1, 0.15) is 40.5 Å². The van der Waals surface area contributed by atoms with Crippen LogP contribution < -0.4 is 10.8 Å². The Labute approximate surface area is 144 Å². The number of anilines is 1. The molecule has 4 nitrogen and oxygen atoms in total. The predicted molar refractivity (Wildman–Crippen MR) is 97.2 cm³/mol. The summed E-state index contributed by atoms with van der Waals surface area (Å²) in [4.78, 5) is 12.3. The van der Waals surface area contributed by atoms with Crippen LogP contribution in [-0.4, -0.2) is 24.2 Å². The van der Waals surface area contributed by atoms with E-state index >= 15 is 0 Å². The van der Waals surface area contributed by atoms with Crippen molar-refractivity contribution in [2.24, 2.45) is 0 Å². The topological polar surface area (TPSA) is 47.6 Å². The van der Waals surface area contributed by atoms with Crippen molar-refractivity contribution in [3.05, 3.63) is 48.1 Å². The Morgan fingerprint density at radius 2 is 1.83 bits per heavy atom. The lowest BCUT2D eigenvalue weighted by Gasteiger charge is -2.32. The van der Waals surface area contributed by atoms with Crippen molar-refractivity contribution in [1.82, 2.24) is 0 Å². The van der Waals surface area contributed by atoms with Gasteiger partial charge in [-0.1, -0.05) is 30.4 Å². The molecule has 0 bridgehead atoms. The van der Waals surface area contributed by atoms with Crippen molar-refractivity contribution < 1.29 is 14.1 Å². The van der Waals surface area contributed by atoms with E-state index in [9.17, 15) is 4.79 Å². The predicted octanol–water partition coefficient (Wildman–Crippen LogP) is 3.20. The summed E-state index contributed by atoms with van der Waals surface area (Å²) in [6, 6.07) is 7.64. The van der Waals surface area contributed by atoms with Crippen LogP contribution in [0.3, 0.4) is 0 Å². The SMILES string of the molecule is CC1(C)OB(c2cccc(NC(=O)C3=CCCC=C3)c2)OC1(C)C. The number of hydrogen-bond acceptors (Lipinski definition) is 3. The summed E-state index contributed by atoms with van der Waals surface area (Å²) in [5, 5.41) is 2.95. The highest BCUT2D eigenvalue weighted by molar-refractivity contribution is 6.62. The Morgan fingerprint density at radius 3 is 2.46 bits per heavy atom. The molecule has 0 saturated carbocycles. The number of benzene rings is 1. The van der Waals surface area contributed by atoms with E-state index in [1.54, 1.807) is 0 Å². The van der Waals surface area contributed by atoms with Gasteiger partial charge >= 0.3 is 7.12 Å². The van der Waals surface area contributed by atoms with Gasteiger partial charge in [0.15, 0.2) is 0 Å². The lowest BCUT2D eigenvalue weighted by Crippen LogP contribution is -2.41. The Kier molecular flexibility index (Phi) is 4.41. The van der Waals surface area contributed by atoms with Gasteiger partial charge in [-0.05, 0) is 58.1 Å². The number of hydrogen-bond donors (Lipinski definition) is 1. The lowest BCUT2D eigenvalue weighted by molar-refractivity contribution is -0.112. The fraction of sp³-hybridized carbons (Fsp3) is 0.421. The van der Waals surface area contributed by atoms with Gasteiger partial charge in [0.1, 0.15) is 0 Å². The van der Waals surface area contributed by atoms with Gasteiger partial charge in [-0.15, -0.1) is 0 Å². The first-order valence-electron chi connectivity index (χ1n) is 8.42. The van der Waals surface area contributed by atoms with Crippen molar-refractivity contribution in [1.29, 1.82) is 0 Å². The lowest BCUT2D eigenvalue weighted by atomic mass is 9.79. The smallest absolute Gasteiger partial charge is 0.399 e. The second kappa shape index (κ2) is 6.23. The molecule has 1 saturated heterocycles. The third-order valence-electron chi connectivity index (χ3n) is 4.93. The van der Waals surface area contributed by atoms with Crippen LogP contribution in [0.5, 0.6) is 0 Å². The van der Waals surface area contributed by atoms with Crippen molar-refractivity contribution in [3.8, 4) is 0 Å². The number of carbonyl (C=O) groups excluding carboxylic acids is 1. The highest BCUT2D eigenvalue weighted by atomic mass is 16.7. The monoisotopic (exact) mass is 325 g/mol. The third-order valence-corrected chi connectivity index (χ3v) is 4.93. The molecule has 0 radical (unpaired) electrons. The van der Waals surface area contributed by atoms with Crippen LogP contribution in [0, 0.1) is 0 Å². The highest BCUT2D eigenvalue weighted by Crippen LogP contribution is 2.36. The van der Waals surface area contributed by atoms with Crippen LogP contribution in [0.2, 0.25) is 0 Å². The molecule has 2 aliphatic rings. The number of amides is 1. The molecule has 1 heterocycles. The Bertz CT molecular complexity index is 690. The number of carbonyl (C=O) groups is 1. The minimum Gasteiger partial charge on any atom is -0.399 e. The zero-order valence-electron chi connectivity index (χ0n) is 14.8. The van der Waals surface area contributed by atoms with Crippen LogP contribution >= 0.6 is 0 Å². The third kappa shape index (κ3) is 3.33. The van der Waals surface area contributed by atoms with Gasteiger partial charge in [0.05, 0.1) is 11.2 Å². The molecule has 0 aromatic heterocycles. The minimum atomic E-state index is -0.430. The van der Waals surface area contributed by atoms with E-state index in [1.807, 2.05) is 70.2 Å². The summed E-state index contributed by atoms with van der Waals surface area (Å²) in [6.45, 7) is 8.11. The maximum atomic E-state index is 12.3. The largest absolute Gasteiger partial charge is 0.494 e. The summed E-state index contributed by atoms with van der Waals surface area (Å²) in [5.41, 5.74) is 1.59. The van der Waals surface area contributed by atoms with Gasteiger partial charge in [-0.2, -0.15) is 0 Å². The average molecular weight is 325 g/mol. The second-order valence-corrected chi connectivity index (χ2v) is 7.31. The average Bonchev–Trinajstić information content (AvgIpc) is 2.76. The van der Waals surface area contributed by atoms with E-state index in [4.69, 9.17) is 9.31 Å². The van der Waals surface area contributed by atoms with Gasteiger partial charge in [0.2, 0.25) is 0 Å². The fourth-order valence-corrected chi connectivity index (χ4v) is 2.73. The fourth-order valence-electron chi connectivity index (χ4n) is 2.73. The van der Waals surface area contributed by atoms with Gasteiger partial charge in [0, 0.05) is 11.3 Å². The molecule has 3 rings (SSSR count). The summed E-state index contributed by atoms with van der Waals surface area (Å²) < 4.78 is 12.1. The molecule has 24 heavy (non-hydrogen) atoms. The first-order valence-corrected chi connectivity index (χ1v) is 8.42. The van der Waals surface area contributed by atoms with Crippen LogP contribution in [0.4, 0.5) is 5.69 Å². The molecule has 1 aliphatic carbocycles. The van der Waals surface area contributed by atoms with E-state index in [1.165, 1.54) is 0 Å². The molecule has 1 amide bonds. The van der Waals surface area contributed by atoms with E-state index < -0.39 is 7.12 Å². The molecule has 1 N–H and O–H groups in total. The molecule has 1 aliphatic heterocycles. The van der Waals surface area contributed by atoms with Gasteiger partial charge in [-0.3, -0.25) is 4.79 Å². The van der Waals surface area contributed by atoms with Crippen molar-refractivity contribution >= 4 is 24.2 Å². The minimum absolute atomic E-state index is 0.0861. The summed E-state index contributed by atoms with van der Waals surface area (Å²) >= 11 is 0. The molecule has 5 heteroatoms. The number of nitrogens with one attached hydrogen (secondary N) is 1. The first kappa shape index (κ1) is 17.0. The van der Waals surface area contributed by atoms with E-state index in [-0.39, 0.29) is 17.1 Å². The Morgan fingerprint density at radius 1 is 1.12 bits per heavy atom. The van der Waals surface area contributed by atoms with Crippen molar-refractivity contribution in [2.45, 2.75) is 51.7 Å². The van der Waals surface area contributed by atoms with Crippen LogP contribution in [0.15, 0.2) is 48.1 Å². The maximum Gasteiger partial charge on any atom is 0.494 e. The molecule has 1 aromatic rings. The standard InChI is InChI=1S/C19H24BNO3/c1-18(2)19(3,4)24-20(23-18)15-11-8-12-16(13-15)21-17(22)14-9-6-5-7-10-14/h6,8-13H,5,7H2,1-4H3,(H,21,22). The summed E-state index contributed by atoms with van der Waals surface area (Å²) in [6.07, 6.45) is 7.77. The zero-order chi connectivity index (χ0) is 17.4. The molecule has 126 valence electrons. The second-order valence-electron chi connectivity index (χ2n) is 7.31. The molecular weight excluding hydrogens is 301 g/mol. The van der Waals surface area contributed by atoms with Gasteiger partial charge in [0.25, 0.3) is 5.91 Å². The van der Waals surface area contributed by atoms with Gasteiger partial charge < -0.3 is 14.6 Å². The highest BCUT2D eigenvalue weighted by Gasteiger charge is 2.51. The first-order chi connectivity index (χ1) is 11.3. The normalized spacial score (nSPS) is 21.5. The molecule has 0 unspecified atom stereocenters. The molecule has 1 aromatic carbocycles. The number of allylic oxidation sites excluding steroid dienone is 2.